The monoisotopic (exact) mass is 260 g/mol. The van der Waals surface area contributed by atoms with Crippen molar-refractivity contribution in [2.24, 2.45) is 5.92 Å². The lowest BCUT2D eigenvalue weighted by atomic mass is 10.1. The lowest BCUT2D eigenvalue weighted by Gasteiger charge is -2.31. The molecule has 0 amide bonds. The van der Waals surface area contributed by atoms with Gasteiger partial charge in [-0.15, -0.1) is 0 Å². The molecule has 0 spiro atoms. The molecule has 0 saturated carbocycles. The summed E-state index contributed by atoms with van der Waals surface area (Å²) in [5.41, 5.74) is 0.623. The predicted molar refractivity (Wildman–Crippen MR) is 77.7 cm³/mol. The molecule has 0 radical (unpaired) electrons. The molecule has 0 bridgehead atoms. The Morgan fingerprint density at radius 3 is 1.41 bits per heavy atom. The molecule has 0 aromatic carbocycles. The van der Waals surface area contributed by atoms with E-state index in [1.54, 1.807) is 0 Å². The zero-order chi connectivity index (χ0) is 13.4. The van der Waals surface area contributed by atoms with Crippen LogP contribution in [0.4, 0.5) is 0 Å². The number of hydrogen-bond acceptors (Lipinski definition) is 2. The summed E-state index contributed by atoms with van der Waals surface area (Å²) in [6.07, 6.45) is 3.98. The molecule has 0 aromatic rings. The number of rotatable bonds is 9. The smallest absolute Gasteiger partial charge is 0.325 e. The molecule has 3 atom stereocenters. The second-order valence-electron chi connectivity index (χ2n) is 5.39. The van der Waals surface area contributed by atoms with Crippen LogP contribution in [-0.4, -0.2) is 21.5 Å². The second-order valence-corrected chi connectivity index (χ2v) is 7.53. The molecule has 3 heteroatoms. The summed E-state index contributed by atoms with van der Waals surface area (Å²) in [6, 6.07) is 0. The highest BCUT2D eigenvalue weighted by Gasteiger charge is 2.30. The van der Waals surface area contributed by atoms with E-state index in [-0.39, 0.29) is 0 Å². The van der Waals surface area contributed by atoms with Crippen molar-refractivity contribution in [2.45, 2.75) is 85.5 Å². The van der Waals surface area contributed by atoms with Crippen LogP contribution in [0.3, 0.4) is 0 Å². The Kier molecular flexibility index (Phi) is 9.19. The molecule has 0 saturated heterocycles. The van der Waals surface area contributed by atoms with Gasteiger partial charge in [0.15, 0.2) is 0 Å². The molecule has 0 aromatic heterocycles. The van der Waals surface area contributed by atoms with Crippen molar-refractivity contribution in [3.05, 3.63) is 0 Å². The van der Waals surface area contributed by atoms with Gasteiger partial charge in [-0.2, -0.15) is 0 Å². The van der Waals surface area contributed by atoms with Crippen LogP contribution in [0.5, 0.6) is 0 Å². The van der Waals surface area contributed by atoms with Gasteiger partial charge in [0.05, 0.1) is 0 Å². The molecule has 104 valence electrons. The molecule has 0 fully saturated rings. The summed E-state index contributed by atoms with van der Waals surface area (Å²) in [4.78, 5) is 0. The largest absolute Gasteiger partial charge is 0.394 e. The Morgan fingerprint density at radius 1 is 0.765 bits per heavy atom. The summed E-state index contributed by atoms with van der Waals surface area (Å²) in [5, 5.41) is 0. The maximum atomic E-state index is 6.20. The van der Waals surface area contributed by atoms with E-state index in [9.17, 15) is 0 Å². The Labute approximate surface area is 110 Å². The fourth-order valence-electron chi connectivity index (χ4n) is 1.86. The minimum atomic E-state index is -1.56. The van der Waals surface area contributed by atoms with Gasteiger partial charge >= 0.3 is 9.28 Å². The van der Waals surface area contributed by atoms with Crippen LogP contribution in [0, 0.1) is 5.92 Å². The molecule has 17 heavy (non-hydrogen) atoms. The highest BCUT2D eigenvalue weighted by Crippen LogP contribution is 2.28. The van der Waals surface area contributed by atoms with Crippen LogP contribution in [-0.2, 0) is 8.85 Å². The van der Waals surface area contributed by atoms with Gasteiger partial charge in [-0.3, -0.25) is 0 Å². The summed E-state index contributed by atoms with van der Waals surface area (Å²) < 4.78 is 12.4. The molecule has 0 aliphatic heterocycles. The second kappa shape index (κ2) is 9.12. The van der Waals surface area contributed by atoms with Crippen LogP contribution in [0.25, 0.3) is 0 Å². The quantitative estimate of drug-likeness (QED) is 0.576. The third-order valence-electron chi connectivity index (χ3n) is 3.56. The van der Waals surface area contributed by atoms with Gasteiger partial charge in [-0.05, 0) is 32.6 Å². The minimum Gasteiger partial charge on any atom is -0.394 e. The van der Waals surface area contributed by atoms with Crippen LogP contribution < -0.4 is 0 Å². The summed E-state index contributed by atoms with van der Waals surface area (Å²) in [6.45, 7) is 15.5. The van der Waals surface area contributed by atoms with Crippen molar-refractivity contribution in [3.8, 4) is 0 Å². The van der Waals surface area contributed by atoms with E-state index >= 15 is 0 Å². The lowest BCUT2D eigenvalue weighted by molar-refractivity contribution is 0.0994. The molecule has 3 unspecified atom stereocenters. The van der Waals surface area contributed by atoms with E-state index < -0.39 is 9.28 Å². The van der Waals surface area contributed by atoms with Crippen LogP contribution >= 0.6 is 0 Å². The van der Waals surface area contributed by atoms with Crippen LogP contribution in [0.15, 0.2) is 0 Å². The highest BCUT2D eigenvalue weighted by atomic mass is 28.3. The van der Waals surface area contributed by atoms with Gasteiger partial charge in [0.1, 0.15) is 0 Å². The highest BCUT2D eigenvalue weighted by molar-refractivity contribution is 6.46. The third-order valence-corrected chi connectivity index (χ3v) is 6.97. The molecular formula is C14H32O2Si. The molecule has 0 heterocycles. The van der Waals surface area contributed by atoms with Crippen LogP contribution in [0.1, 0.15) is 67.7 Å². The maximum absolute atomic E-state index is 6.20. The van der Waals surface area contributed by atoms with E-state index in [4.69, 9.17) is 8.85 Å². The van der Waals surface area contributed by atoms with Crippen molar-refractivity contribution >= 4 is 9.28 Å². The standard InChI is InChI=1S/C14H32O2Si/c1-8-12(6)15-17(16-13(7)9-2)14(10-3)11(4)5/h11-14,17H,8-10H2,1-7H3. The molecule has 0 aliphatic rings. The van der Waals surface area contributed by atoms with Crippen molar-refractivity contribution < 1.29 is 8.85 Å². The Morgan fingerprint density at radius 2 is 1.18 bits per heavy atom. The predicted octanol–water partition coefficient (Wildman–Crippen LogP) is 4.27. The molecule has 2 nitrogen and oxygen atoms in total. The minimum absolute atomic E-state index is 0.337. The molecule has 0 rings (SSSR count). The zero-order valence-electron chi connectivity index (χ0n) is 12.8. The normalized spacial score (nSPS) is 19.1. The summed E-state index contributed by atoms with van der Waals surface area (Å²) >= 11 is 0. The maximum Gasteiger partial charge on any atom is 0.325 e. The van der Waals surface area contributed by atoms with Gasteiger partial charge in [0.25, 0.3) is 0 Å². The van der Waals surface area contributed by atoms with E-state index in [1.165, 1.54) is 6.42 Å². The van der Waals surface area contributed by atoms with Crippen molar-refractivity contribution in [1.82, 2.24) is 0 Å². The third kappa shape index (κ3) is 6.58. The summed E-state index contributed by atoms with van der Waals surface area (Å²) in [5.74, 6) is 0.657. The first-order chi connectivity index (χ1) is 7.96. The van der Waals surface area contributed by atoms with Gasteiger partial charge in [-0.25, -0.2) is 0 Å². The molecule has 0 aliphatic carbocycles. The molecular weight excluding hydrogens is 228 g/mol. The van der Waals surface area contributed by atoms with E-state index in [1.807, 2.05) is 0 Å². The van der Waals surface area contributed by atoms with E-state index in [2.05, 4.69) is 48.5 Å². The van der Waals surface area contributed by atoms with Crippen molar-refractivity contribution in [2.75, 3.05) is 0 Å². The average molecular weight is 260 g/mol. The first kappa shape index (κ1) is 17.1. The van der Waals surface area contributed by atoms with Crippen molar-refractivity contribution in [3.63, 3.8) is 0 Å². The zero-order valence-corrected chi connectivity index (χ0v) is 14.0. The van der Waals surface area contributed by atoms with Gasteiger partial charge in [0, 0.05) is 17.7 Å². The topological polar surface area (TPSA) is 18.5 Å². The first-order valence-corrected chi connectivity index (χ1v) is 8.87. The number of hydrogen-bond donors (Lipinski definition) is 0. The van der Waals surface area contributed by atoms with Gasteiger partial charge < -0.3 is 8.85 Å². The Hall–Kier alpha value is 0.137. The van der Waals surface area contributed by atoms with Crippen LogP contribution in [0.2, 0.25) is 5.54 Å². The Balaban J connectivity index is 4.57. The van der Waals surface area contributed by atoms with Gasteiger partial charge in [-0.1, -0.05) is 41.0 Å². The van der Waals surface area contributed by atoms with Gasteiger partial charge in [0.2, 0.25) is 0 Å². The molecule has 0 N–H and O–H groups in total. The van der Waals surface area contributed by atoms with E-state index in [0.717, 1.165) is 12.8 Å². The first-order valence-electron chi connectivity index (χ1n) is 7.26. The lowest BCUT2D eigenvalue weighted by Crippen LogP contribution is -2.37. The fourth-order valence-corrected chi connectivity index (χ4v) is 4.64. The van der Waals surface area contributed by atoms with Crippen molar-refractivity contribution in [1.29, 1.82) is 0 Å². The SMILES string of the molecule is CCC(C)O[SiH](OC(C)CC)C(CC)C(C)C. The van der Waals surface area contributed by atoms with E-state index in [0.29, 0.717) is 23.7 Å². The summed E-state index contributed by atoms with van der Waals surface area (Å²) in [7, 11) is -1.56. The fraction of sp³-hybridized carbons (Fsp3) is 1.00. The average Bonchev–Trinajstić information content (AvgIpc) is 2.28. The Bertz CT molecular complexity index is 173.